The molecule has 5 nitrogen and oxygen atoms in total. The van der Waals surface area contributed by atoms with Crippen LogP contribution in [0.2, 0.25) is 0 Å². The molecular weight excluding hydrogens is 216 g/mol. The fraction of sp³-hybridized carbons (Fsp3) is 0.167. The molecule has 0 aliphatic heterocycles. The molecule has 4 N–H and O–H groups in total. The number of benzene rings is 1. The van der Waals surface area contributed by atoms with Crippen LogP contribution in [-0.2, 0) is 0 Å². The van der Waals surface area contributed by atoms with Gasteiger partial charge >= 0.3 is 6.03 Å². The number of nitrogens with zero attached hydrogens (tertiary/aromatic N) is 1. The molecule has 0 spiro atoms. The fourth-order valence-corrected chi connectivity index (χ4v) is 1.87. The number of carbonyl (C=O) groups is 1. The Morgan fingerprint density at radius 2 is 2.18 bits per heavy atom. The Balaban J connectivity index is 2.43. The maximum absolute atomic E-state index is 10.8. The van der Waals surface area contributed by atoms with Crippen molar-refractivity contribution in [3.05, 3.63) is 35.7 Å². The van der Waals surface area contributed by atoms with Gasteiger partial charge < -0.3 is 11.1 Å². The lowest BCUT2D eigenvalue weighted by molar-refractivity contribution is 0.259. The van der Waals surface area contributed by atoms with Crippen molar-refractivity contribution >= 4 is 11.7 Å². The van der Waals surface area contributed by atoms with Gasteiger partial charge in [0.1, 0.15) is 0 Å². The number of nitrogens with one attached hydrogen (secondary N) is 2. The molecule has 0 bridgehead atoms. The van der Waals surface area contributed by atoms with Crippen LogP contribution >= 0.6 is 0 Å². The number of anilines is 1. The molecule has 0 saturated heterocycles. The highest BCUT2D eigenvalue weighted by Crippen LogP contribution is 2.27. The number of amides is 2. The van der Waals surface area contributed by atoms with Gasteiger partial charge in [0, 0.05) is 16.9 Å². The van der Waals surface area contributed by atoms with Gasteiger partial charge in [-0.15, -0.1) is 0 Å². The average Bonchev–Trinajstić information content (AvgIpc) is 2.58. The third-order valence-corrected chi connectivity index (χ3v) is 2.55. The smallest absolute Gasteiger partial charge is 0.316 e. The van der Waals surface area contributed by atoms with Crippen LogP contribution in [0.15, 0.2) is 24.3 Å². The Kier molecular flexibility index (Phi) is 2.82. The van der Waals surface area contributed by atoms with Crippen LogP contribution in [0.25, 0.3) is 11.1 Å². The summed E-state index contributed by atoms with van der Waals surface area (Å²) in [7, 11) is 0. The largest absolute Gasteiger partial charge is 0.351 e. The fourth-order valence-electron chi connectivity index (χ4n) is 1.87. The van der Waals surface area contributed by atoms with Crippen LogP contribution in [0.3, 0.4) is 0 Å². The van der Waals surface area contributed by atoms with Crippen molar-refractivity contribution < 1.29 is 4.79 Å². The predicted molar refractivity (Wildman–Crippen MR) is 66.7 cm³/mol. The van der Waals surface area contributed by atoms with Crippen molar-refractivity contribution in [1.29, 1.82) is 0 Å². The quantitative estimate of drug-likeness (QED) is 0.738. The molecule has 1 aromatic heterocycles. The van der Waals surface area contributed by atoms with Crippen LogP contribution in [0, 0.1) is 13.8 Å². The first kappa shape index (κ1) is 11.2. The van der Waals surface area contributed by atoms with E-state index in [0.717, 1.165) is 22.5 Å². The van der Waals surface area contributed by atoms with Crippen LogP contribution in [0.5, 0.6) is 0 Å². The van der Waals surface area contributed by atoms with Gasteiger partial charge in [-0.25, -0.2) is 4.79 Å². The van der Waals surface area contributed by atoms with Gasteiger partial charge in [-0.3, -0.25) is 5.10 Å². The second-order valence-corrected chi connectivity index (χ2v) is 3.88. The molecule has 1 heterocycles. The molecule has 0 radical (unpaired) electrons. The lowest BCUT2D eigenvalue weighted by Gasteiger charge is -2.05. The lowest BCUT2D eigenvalue weighted by atomic mass is 10.0. The molecule has 88 valence electrons. The zero-order chi connectivity index (χ0) is 12.4. The normalized spacial score (nSPS) is 10.2. The van der Waals surface area contributed by atoms with Crippen LogP contribution in [0.1, 0.15) is 11.4 Å². The van der Waals surface area contributed by atoms with Crippen molar-refractivity contribution in [2.75, 3.05) is 5.32 Å². The van der Waals surface area contributed by atoms with Crippen LogP contribution in [-0.4, -0.2) is 16.2 Å². The highest BCUT2D eigenvalue weighted by molar-refractivity contribution is 5.89. The van der Waals surface area contributed by atoms with E-state index in [0.29, 0.717) is 5.69 Å². The van der Waals surface area contributed by atoms with E-state index < -0.39 is 6.03 Å². The average molecular weight is 230 g/mol. The molecule has 0 unspecified atom stereocenters. The van der Waals surface area contributed by atoms with E-state index in [2.05, 4.69) is 15.5 Å². The Hall–Kier alpha value is -2.30. The number of aryl methyl sites for hydroxylation is 2. The Labute approximate surface area is 99.0 Å². The highest BCUT2D eigenvalue weighted by Gasteiger charge is 2.09. The number of carbonyl (C=O) groups excluding carboxylic acids is 1. The van der Waals surface area contributed by atoms with Gasteiger partial charge in [0.2, 0.25) is 0 Å². The maximum Gasteiger partial charge on any atom is 0.316 e. The zero-order valence-electron chi connectivity index (χ0n) is 9.74. The third-order valence-electron chi connectivity index (χ3n) is 2.55. The van der Waals surface area contributed by atoms with Crippen molar-refractivity contribution in [3.8, 4) is 11.1 Å². The molecule has 2 rings (SSSR count). The number of aromatic nitrogens is 2. The Morgan fingerprint density at radius 1 is 1.41 bits per heavy atom. The summed E-state index contributed by atoms with van der Waals surface area (Å²) in [6.07, 6.45) is 0. The number of primary amides is 1. The van der Waals surface area contributed by atoms with Crippen LogP contribution in [0.4, 0.5) is 10.5 Å². The SMILES string of the molecule is Cc1n[nH]c(C)c1-c1cccc(NC(N)=O)c1. The number of rotatable bonds is 2. The van der Waals surface area contributed by atoms with Crippen LogP contribution < -0.4 is 11.1 Å². The van der Waals surface area contributed by atoms with E-state index in [9.17, 15) is 4.79 Å². The standard InChI is InChI=1S/C12H14N4O/c1-7-11(8(2)16-15-7)9-4-3-5-10(6-9)14-12(13)17/h3-6H,1-2H3,(H,15,16)(H3,13,14,17). The van der Waals surface area contributed by atoms with Gasteiger partial charge in [-0.1, -0.05) is 12.1 Å². The number of H-pyrrole nitrogens is 1. The lowest BCUT2D eigenvalue weighted by Crippen LogP contribution is -2.19. The van der Waals surface area contributed by atoms with Crippen molar-refractivity contribution in [2.24, 2.45) is 5.73 Å². The zero-order valence-corrected chi connectivity index (χ0v) is 9.74. The minimum atomic E-state index is -0.567. The van der Waals surface area contributed by atoms with Gasteiger partial charge in [0.25, 0.3) is 0 Å². The molecule has 2 amide bonds. The summed E-state index contributed by atoms with van der Waals surface area (Å²) in [5, 5.41) is 9.63. The van der Waals surface area contributed by atoms with E-state index in [1.807, 2.05) is 32.0 Å². The molecule has 0 fully saturated rings. The summed E-state index contributed by atoms with van der Waals surface area (Å²) in [4.78, 5) is 10.8. The first-order chi connectivity index (χ1) is 8.08. The van der Waals surface area contributed by atoms with E-state index in [1.165, 1.54) is 0 Å². The Morgan fingerprint density at radius 3 is 2.76 bits per heavy atom. The number of aromatic amines is 1. The van der Waals surface area contributed by atoms with Gasteiger partial charge in [0.05, 0.1) is 5.69 Å². The maximum atomic E-state index is 10.8. The second kappa shape index (κ2) is 4.29. The summed E-state index contributed by atoms with van der Waals surface area (Å²) in [5.74, 6) is 0. The molecule has 0 aliphatic carbocycles. The monoisotopic (exact) mass is 230 g/mol. The number of urea groups is 1. The summed E-state index contributed by atoms with van der Waals surface area (Å²) in [5.41, 5.74) is 9.74. The summed E-state index contributed by atoms with van der Waals surface area (Å²) >= 11 is 0. The molecule has 0 aliphatic rings. The first-order valence-electron chi connectivity index (χ1n) is 5.26. The van der Waals surface area contributed by atoms with Crippen molar-refractivity contribution in [2.45, 2.75) is 13.8 Å². The van der Waals surface area contributed by atoms with E-state index >= 15 is 0 Å². The molecule has 0 atom stereocenters. The molecule has 2 aromatic rings. The highest BCUT2D eigenvalue weighted by atomic mass is 16.2. The number of hydrogen-bond acceptors (Lipinski definition) is 2. The predicted octanol–water partition coefficient (Wildman–Crippen LogP) is 2.18. The summed E-state index contributed by atoms with van der Waals surface area (Å²) in [6, 6.07) is 6.93. The molecule has 0 saturated carbocycles. The molecule has 1 aromatic carbocycles. The van der Waals surface area contributed by atoms with Crippen molar-refractivity contribution in [3.63, 3.8) is 0 Å². The minimum absolute atomic E-state index is 0.567. The Bertz CT molecular complexity index is 540. The van der Waals surface area contributed by atoms with E-state index in [4.69, 9.17) is 5.73 Å². The number of nitrogens with two attached hydrogens (primary N) is 1. The molecular formula is C12H14N4O. The topological polar surface area (TPSA) is 83.8 Å². The van der Waals surface area contributed by atoms with Gasteiger partial charge in [-0.2, -0.15) is 5.10 Å². The van der Waals surface area contributed by atoms with E-state index in [1.54, 1.807) is 6.07 Å². The number of hydrogen-bond donors (Lipinski definition) is 3. The van der Waals surface area contributed by atoms with Gasteiger partial charge in [-0.05, 0) is 31.5 Å². The van der Waals surface area contributed by atoms with Gasteiger partial charge in [0.15, 0.2) is 0 Å². The second-order valence-electron chi connectivity index (χ2n) is 3.88. The summed E-state index contributed by atoms with van der Waals surface area (Å²) < 4.78 is 0. The third kappa shape index (κ3) is 2.28. The van der Waals surface area contributed by atoms with E-state index in [-0.39, 0.29) is 0 Å². The summed E-state index contributed by atoms with van der Waals surface area (Å²) in [6.45, 7) is 3.90. The molecule has 5 heteroatoms. The minimum Gasteiger partial charge on any atom is -0.351 e. The first-order valence-corrected chi connectivity index (χ1v) is 5.26. The molecule has 17 heavy (non-hydrogen) atoms. The van der Waals surface area contributed by atoms with Crippen molar-refractivity contribution in [1.82, 2.24) is 10.2 Å².